The lowest BCUT2D eigenvalue weighted by atomic mass is 10.1. The first-order chi connectivity index (χ1) is 15.5. The number of benzene rings is 1. The van der Waals surface area contributed by atoms with Crippen LogP contribution >= 0.6 is 0 Å². The Morgan fingerprint density at radius 2 is 1.27 bits per heavy atom. The van der Waals surface area contributed by atoms with E-state index in [0.717, 1.165) is 0 Å². The first-order valence-corrected chi connectivity index (χ1v) is 9.65. The number of phenols is 1. The van der Waals surface area contributed by atoms with Crippen LogP contribution < -0.4 is 27.4 Å². The number of carboxylic acid groups (broad SMARTS) is 1. The Balaban J connectivity index is 2.78. The van der Waals surface area contributed by atoms with Crippen LogP contribution in [0.2, 0.25) is 0 Å². The van der Waals surface area contributed by atoms with Gasteiger partial charge in [-0.1, -0.05) is 12.1 Å². The zero-order chi connectivity index (χ0) is 25.1. The highest BCUT2D eigenvalue weighted by atomic mass is 16.4. The zero-order valence-corrected chi connectivity index (χ0v) is 17.4. The van der Waals surface area contributed by atoms with Crippen molar-refractivity contribution in [2.75, 3.05) is 13.2 Å². The smallest absolute Gasteiger partial charge is 0.326 e. The van der Waals surface area contributed by atoms with Crippen molar-refractivity contribution in [1.29, 1.82) is 0 Å². The summed E-state index contributed by atoms with van der Waals surface area (Å²) in [5.41, 5.74) is 10.9. The average Bonchev–Trinajstić information content (AvgIpc) is 2.75. The van der Waals surface area contributed by atoms with Crippen LogP contribution in [0.1, 0.15) is 12.0 Å². The molecule has 1 aromatic rings. The molecular formula is C19H27N5O9. The number of hydrogen-bond donors (Lipinski definition) is 9. The van der Waals surface area contributed by atoms with Crippen molar-refractivity contribution in [3.05, 3.63) is 29.8 Å². The summed E-state index contributed by atoms with van der Waals surface area (Å²) in [4.78, 5) is 59.0. The third kappa shape index (κ3) is 9.10. The molecule has 0 aromatic heterocycles. The van der Waals surface area contributed by atoms with E-state index < -0.39 is 73.4 Å². The van der Waals surface area contributed by atoms with Gasteiger partial charge in [-0.25, -0.2) is 4.79 Å². The fourth-order valence-corrected chi connectivity index (χ4v) is 2.59. The highest BCUT2D eigenvalue weighted by Gasteiger charge is 2.30. The summed E-state index contributed by atoms with van der Waals surface area (Å²) in [6.07, 6.45) is -0.661. The van der Waals surface area contributed by atoms with Crippen LogP contribution in [-0.4, -0.2) is 87.4 Å². The number of carbonyl (C=O) groups is 5. The van der Waals surface area contributed by atoms with Gasteiger partial charge in [-0.3, -0.25) is 19.2 Å². The highest BCUT2D eigenvalue weighted by Crippen LogP contribution is 2.11. The summed E-state index contributed by atoms with van der Waals surface area (Å²) in [5, 5.41) is 43.8. The molecule has 4 amide bonds. The lowest BCUT2D eigenvalue weighted by Gasteiger charge is -2.23. The maximum Gasteiger partial charge on any atom is 0.326 e. The van der Waals surface area contributed by atoms with Crippen molar-refractivity contribution < 1.29 is 44.4 Å². The summed E-state index contributed by atoms with van der Waals surface area (Å²) >= 11 is 0. The summed E-state index contributed by atoms with van der Waals surface area (Å²) in [5.74, 6) is -5.35. The lowest BCUT2D eigenvalue weighted by molar-refractivity contribution is -0.142. The van der Waals surface area contributed by atoms with E-state index in [0.29, 0.717) is 5.56 Å². The van der Waals surface area contributed by atoms with Crippen molar-refractivity contribution in [2.45, 2.75) is 37.0 Å². The zero-order valence-electron chi connectivity index (χ0n) is 17.4. The first-order valence-electron chi connectivity index (χ1n) is 9.65. The number of hydrogen-bond acceptors (Lipinski definition) is 9. The molecule has 182 valence electrons. The second-order valence-electron chi connectivity index (χ2n) is 7.03. The Labute approximate surface area is 187 Å². The van der Waals surface area contributed by atoms with Gasteiger partial charge in [0.2, 0.25) is 23.6 Å². The molecule has 0 spiro atoms. The molecule has 0 aliphatic carbocycles. The fraction of sp³-hybridized carbons (Fsp3) is 0.421. The van der Waals surface area contributed by atoms with Gasteiger partial charge in [0.15, 0.2) is 0 Å². The van der Waals surface area contributed by atoms with Gasteiger partial charge < -0.3 is 47.8 Å². The molecule has 0 aliphatic rings. The molecule has 11 N–H and O–H groups in total. The van der Waals surface area contributed by atoms with Crippen molar-refractivity contribution in [3.8, 4) is 5.75 Å². The molecule has 14 heteroatoms. The third-order valence-electron chi connectivity index (χ3n) is 4.38. The van der Waals surface area contributed by atoms with Gasteiger partial charge in [-0.15, -0.1) is 0 Å². The van der Waals surface area contributed by atoms with Crippen LogP contribution in [0.4, 0.5) is 0 Å². The standard InChI is InChI=1S/C19H27N5O9/c20-11(6-15(21)28)16(29)23-13(7-25)18(31)24-14(8-26)17(30)22-12(19(32)33)5-9-1-3-10(27)4-2-9/h1-4,11-14,25-27H,5-8,20H2,(H2,21,28)(H,22,30)(H,23,29)(H,24,31)(H,32,33). The van der Waals surface area contributed by atoms with E-state index >= 15 is 0 Å². The highest BCUT2D eigenvalue weighted by molar-refractivity contribution is 5.95. The van der Waals surface area contributed by atoms with Crippen LogP contribution in [-0.2, 0) is 30.4 Å². The maximum absolute atomic E-state index is 12.4. The SMILES string of the molecule is NC(=O)CC(N)C(=O)NC(CO)C(=O)NC(CO)C(=O)NC(Cc1ccc(O)cc1)C(=O)O. The summed E-state index contributed by atoms with van der Waals surface area (Å²) in [6.45, 7) is -1.82. The Morgan fingerprint density at radius 1 is 0.818 bits per heavy atom. The number of carbonyl (C=O) groups excluding carboxylic acids is 4. The van der Waals surface area contributed by atoms with E-state index in [1.165, 1.54) is 24.3 Å². The maximum atomic E-state index is 12.4. The summed E-state index contributed by atoms with van der Waals surface area (Å²) < 4.78 is 0. The molecule has 1 aromatic carbocycles. The van der Waals surface area contributed by atoms with Gasteiger partial charge in [0.25, 0.3) is 0 Å². The summed E-state index contributed by atoms with van der Waals surface area (Å²) in [7, 11) is 0. The molecule has 0 heterocycles. The largest absolute Gasteiger partial charge is 0.508 e. The van der Waals surface area contributed by atoms with Gasteiger partial charge in [-0.2, -0.15) is 0 Å². The number of aliphatic carboxylic acids is 1. The Hall–Kier alpha value is -3.75. The first kappa shape index (κ1) is 27.3. The topological polar surface area (TPSA) is 254 Å². The van der Waals surface area contributed by atoms with Crippen LogP contribution in [0, 0.1) is 0 Å². The second kappa shape index (κ2) is 12.9. The number of nitrogens with one attached hydrogen (secondary N) is 3. The molecule has 0 fully saturated rings. The molecule has 0 bridgehead atoms. The minimum Gasteiger partial charge on any atom is -0.508 e. The van der Waals surface area contributed by atoms with E-state index in [4.69, 9.17) is 11.5 Å². The van der Waals surface area contributed by atoms with Gasteiger partial charge in [0.1, 0.15) is 23.9 Å². The lowest BCUT2D eigenvalue weighted by Crippen LogP contribution is -2.59. The number of phenolic OH excluding ortho intramolecular Hbond substituents is 1. The van der Waals surface area contributed by atoms with Gasteiger partial charge in [-0.05, 0) is 17.7 Å². The van der Waals surface area contributed by atoms with E-state index in [-0.39, 0.29) is 12.2 Å². The molecule has 0 aliphatic heterocycles. The minimum atomic E-state index is -1.61. The molecule has 4 unspecified atom stereocenters. The Morgan fingerprint density at radius 3 is 1.70 bits per heavy atom. The van der Waals surface area contributed by atoms with E-state index in [9.17, 15) is 44.4 Å². The van der Waals surface area contributed by atoms with E-state index in [2.05, 4.69) is 16.0 Å². The summed E-state index contributed by atoms with van der Waals surface area (Å²) in [6, 6.07) is -0.391. The molecule has 0 saturated carbocycles. The van der Waals surface area contributed by atoms with E-state index in [1.807, 2.05) is 0 Å². The molecule has 1 rings (SSSR count). The van der Waals surface area contributed by atoms with Crippen LogP contribution in [0.5, 0.6) is 5.75 Å². The number of primary amides is 1. The predicted octanol–water partition coefficient (Wildman–Crippen LogP) is -4.34. The number of nitrogens with two attached hydrogens (primary N) is 2. The molecule has 33 heavy (non-hydrogen) atoms. The molecular weight excluding hydrogens is 442 g/mol. The second-order valence-corrected chi connectivity index (χ2v) is 7.03. The monoisotopic (exact) mass is 469 g/mol. The van der Waals surface area contributed by atoms with E-state index in [1.54, 1.807) is 0 Å². The molecule has 4 atom stereocenters. The number of rotatable bonds is 13. The Kier molecular flexibility index (Phi) is 10.7. The normalized spacial score (nSPS) is 14.3. The molecule has 14 nitrogen and oxygen atoms in total. The van der Waals surface area contributed by atoms with Crippen molar-refractivity contribution in [3.63, 3.8) is 0 Å². The van der Waals surface area contributed by atoms with Crippen LogP contribution in [0.3, 0.4) is 0 Å². The van der Waals surface area contributed by atoms with Gasteiger partial charge in [0.05, 0.1) is 25.7 Å². The van der Waals surface area contributed by atoms with Crippen molar-refractivity contribution in [1.82, 2.24) is 16.0 Å². The number of aromatic hydroxyl groups is 1. The Bertz CT molecular complexity index is 862. The third-order valence-corrected chi connectivity index (χ3v) is 4.38. The number of aliphatic hydroxyl groups excluding tert-OH is 2. The number of carboxylic acids is 1. The van der Waals surface area contributed by atoms with Crippen LogP contribution in [0.15, 0.2) is 24.3 Å². The fourth-order valence-electron chi connectivity index (χ4n) is 2.59. The predicted molar refractivity (Wildman–Crippen MR) is 111 cm³/mol. The number of aliphatic hydroxyl groups is 2. The number of amides is 4. The van der Waals surface area contributed by atoms with Gasteiger partial charge >= 0.3 is 5.97 Å². The van der Waals surface area contributed by atoms with Crippen molar-refractivity contribution >= 4 is 29.6 Å². The van der Waals surface area contributed by atoms with Crippen molar-refractivity contribution in [2.24, 2.45) is 11.5 Å². The van der Waals surface area contributed by atoms with Crippen LogP contribution in [0.25, 0.3) is 0 Å². The minimum absolute atomic E-state index is 0.0289. The molecule has 0 saturated heterocycles. The van der Waals surface area contributed by atoms with Gasteiger partial charge in [0, 0.05) is 6.42 Å². The average molecular weight is 469 g/mol. The quantitative estimate of drug-likeness (QED) is 0.134. The molecule has 0 radical (unpaired) electrons.